The maximum atomic E-state index is 11.8. The number of aliphatic hydroxyl groups is 1. The van der Waals surface area contributed by atoms with Crippen LogP contribution in [0.15, 0.2) is 0 Å². The molecule has 0 unspecified atom stereocenters. The normalized spacial score (nSPS) is 32.8. The van der Waals surface area contributed by atoms with Gasteiger partial charge in [-0.25, -0.2) is 0 Å². The lowest BCUT2D eigenvalue weighted by molar-refractivity contribution is -0.147. The van der Waals surface area contributed by atoms with Crippen LogP contribution >= 0.6 is 0 Å². The van der Waals surface area contributed by atoms with Gasteiger partial charge in [0.1, 0.15) is 5.78 Å². The summed E-state index contributed by atoms with van der Waals surface area (Å²) in [6, 6.07) is 0. The third-order valence-electron chi connectivity index (χ3n) is 6.41. The Hall–Kier alpha value is -0.980. The van der Waals surface area contributed by atoms with Crippen molar-refractivity contribution in [3.63, 3.8) is 0 Å². The van der Waals surface area contributed by atoms with Crippen LogP contribution in [0.1, 0.15) is 72.6 Å². The van der Waals surface area contributed by atoms with Gasteiger partial charge in [-0.1, -0.05) is 20.8 Å². The second-order valence-electron chi connectivity index (χ2n) is 8.49. The quantitative estimate of drug-likeness (QED) is 0.601. The van der Waals surface area contributed by atoms with Crippen molar-refractivity contribution >= 4 is 11.8 Å². The molecule has 2 fully saturated rings. The summed E-state index contributed by atoms with van der Waals surface area (Å²) in [7, 11) is 0. The lowest BCUT2D eigenvalue weighted by Crippen LogP contribution is -2.39. The number of ketones is 1. The van der Waals surface area contributed by atoms with Crippen LogP contribution in [0.3, 0.4) is 0 Å². The molecule has 2 aliphatic heterocycles. The second-order valence-corrected chi connectivity index (χ2v) is 8.49. The van der Waals surface area contributed by atoms with Crippen LogP contribution in [0.4, 0.5) is 0 Å². The first-order chi connectivity index (χ1) is 12.7. The van der Waals surface area contributed by atoms with E-state index in [1.54, 1.807) is 6.92 Å². The van der Waals surface area contributed by atoms with Gasteiger partial charge in [0.05, 0.1) is 36.4 Å². The van der Waals surface area contributed by atoms with Gasteiger partial charge in [0.25, 0.3) is 0 Å². The van der Waals surface area contributed by atoms with E-state index in [4.69, 9.17) is 14.6 Å². The maximum absolute atomic E-state index is 11.8. The molecule has 0 aromatic carbocycles. The molecule has 8 atom stereocenters. The van der Waals surface area contributed by atoms with Crippen molar-refractivity contribution in [2.45, 2.75) is 103 Å². The average Bonchev–Trinajstić information content (AvgIpc) is 3.28. The number of hydrogen-bond acceptors (Lipinski definition) is 5. The van der Waals surface area contributed by atoms with Gasteiger partial charge in [-0.05, 0) is 39.0 Å². The fourth-order valence-corrected chi connectivity index (χ4v) is 4.43. The van der Waals surface area contributed by atoms with Crippen molar-refractivity contribution in [1.29, 1.82) is 0 Å². The Morgan fingerprint density at radius 2 is 1.52 bits per heavy atom. The van der Waals surface area contributed by atoms with Gasteiger partial charge >= 0.3 is 5.97 Å². The third kappa shape index (κ3) is 5.75. The minimum absolute atomic E-state index is 0.0254. The topological polar surface area (TPSA) is 93.1 Å². The molecule has 27 heavy (non-hydrogen) atoms. The Morgan fingerprint density at radius 3 is 2.11 bits per heavy atom. The van der Waals surface area contributed by atoms with E-state index >= 15 is 0 Å². The molecule has 2 N–H and O–H groups in total. The van der Waals surface area contributed by atoms with Crippen LogP contribution in [0.5, 0.6) is 0 Å². The summed E-state index contributed by atoms with van der Waals surface area (Å²) in [6.07, 6.45) is 4.10. The molecule has 2 saturated heterocycles. The highest BCUT2D eigenvalue weighted by Gasteiger charge is 2.41. The highest BCUT2D eigenvalue weighted by Crippen LogP contribution is 2.36. The van der Waals surface area contributed by atoms with E-state index < -0.39 is 18.0 Å². The van der Waals surface area contributed by atoms with E-state index in [2.05, 4.69) is 0 Å². The predicted octanol–water partition coefficient (Wildman–Crippen LogP) is 3.19. The minimum atomic E-state index is -0.842. The monoisotopic (exact) mass is 384 g/mol. The van der Waals surface area contributed by atoms with Gasteiger partial charge in [0.2, 0.25) is 0 Å². The molecule has 0 radical (unpaired) electrons. The molecule has 2 rings (SSSR count). The SMILES string of the molecule is CCCC(=O)C[C@@H]1CC[C@H]([C@@H](C)[C@H](O)[C@H](C)[C@@H]2CC[C@H]([C@@H](C)C(=O)O)O2)O1. The van der Waals surface area contributed by atoms with Crippen LogP contribution in [-0.2, 0) is 19.1 Å². The lowest BCUT2D eigenvalue weighted by atomic mass is 9.84. The van der Waals surface area contributed by atoms with Gasteiger partial charge in [-0.2, -0.15) is 0 Å². The van der Waals surface area contributed by atoms with Crippen LogP contribution in [0.25, 0.3) is 0 Å². The number of carboxylic acid groups (broad SMARTS) is 1. The summed E-state index contributed by atoms with van der Waals surface area (Å²) >= 11 is 0. The number of carboxylic acids is 1. The Morgan fingerprint density at radius 1 is 0.963 bits per heavy atom. The van der Waals surface area contributed by atoms with E-state index in [0.29, 0.717) is 19.3 Å². The molecule has 0 amide bonds. The molecule has 6 nitrogen and oxygen atoms in total. The van der Waals surface area contributed by atoms with E-state index in [1.165, 1.54) is 0 Å². The number of carbonyl (C=O) groups is 2. The molecule has 0 aliphatic carbocycles. The standard InChI is InChI=1S/C21H36O6/c1-5-6-15(22)11-16-7-8-17(26-16)12(2)20(23)13(3)18-9-10-19(27-18)14(4)21(24)25/h12-14,16-20,23H,5-11H2,1-4H3,(H,24,25)/t12-,13-,14-,16+,17-,18+,19-,20+/m1/s1. The molecule has 2 aliphatic rings. The van der Waals surface area contributed by atoms with Gasteiger partial charge < -0.3 is 19.7 Å². The summed E-state index contributed by atoms with van der Waals surface area (Å²) in [4.78, 5) is 23.0. The van der Waals surface area contributed by atoms with Crippen molar-refractivity contribution in [3.8, 4) is 0 Å². The van der Waals surface area contributed by atoms with Gasteiger partial charge in [-0.15, -0.1) is 0 Å². The number of aliphatic hydroxyl groups excluding tert-OH is 1. The number of hydrogen-bond donors (Lipinski definition) is 2. The number of carbonyl (C=O) groups excluding carboxylic acids is 1. The van der Waals surface area contributed by atoms with Crippen LogP contribution in [-0.4, -0.2) is 52.5 Å². The fourth-order valence-electron chi connectivity index (χ4n) is 4.43. The molecular weight excluding hydrogens is 348 g/mol. The summed E-state index contributed by atoms with van der Waals surface area (Å²) < 4.78 is 12.0. The largest absolute Gasteiger partial charge is 0.481 e. The Labute approximate surface area is 162 Å². The Balaban J connectivity index is 1.83. The van der Waals surface area contributed by atoms with Crippen molar-refractivity contribution in [1.82, 2.24) is 0 Å². The second kappa shape index (κ2) is 9.99. The van der Waals surface area contributed by atoms with Crippen LogP contribution in [0.2, 0.25) is 0 Å². The number of ether oxygens (including phenoxy) is 2. The van der Waals surface area contributed by atoms with Crippen molar-refractivity contribution in [2.75, 3.05) is 0 Å². The van der Waals surface area contributed by atoms with Gasteiger partial charge in [-0.3, -0.25) is 9.59 Å². The molecule has 0 aromatic heterocycles. The molecule has 0 bridgehead atoms. The van der Waals surface area contributed by atoms with E-state index in [9.17, 15) is 14.7 Å². The first-order valence-corrected chi connectivity index (χ1v) is 10.5. The summed E-state index contributed by atoms with van der Waals surface area (Å²) in [5.74, 6) is -1.26. The fraction of sp³-hybridized carbons (Fsp3) is 0.905. The number of Topliss-reactive ketones (excluding diaryl/α,β-unsaturated/α-hetero) is 1. The summed E-state index contributed by atoms with van der Waals surface area (Å²) in [5.41, 5.74) is 0. The molecule has 156 valence electrons. The van der Waals surface area contributed by atoms with Crippen LogP contribution < -0.4 is 0 Å². The van der Waals surface area contributed by atoms with Gasteiger partial charge in [0.15, 0.2) is 0 Å². The predicted molar refractivity (Wildman–Crippen MR) is 101 cm³/mol. The summed E-state index contributed by atoms with van der Waals surface area (Å²) in [5, 5.41) is 20.0. The lowest BCUT2D eigenvalue weighted by Gasteiger charge is -2.32. The summed E-state index contributed by atoms with van der Waals surface area (Å²) in [6.45, 7) is 7.64. The number of aliphatic carboxylic acids is 1. The first kappa shape index (κ1) is 22.3. The molecule has 0 spiro atoms. The number of rotatable bonds is 10. The maximum Gasteiger partial charge on any atom is 0.308 e. The molecule has 0 aromatic rings. The zero-order chi connectivity index (χ0) is 20.1. The van der Waals surface area contributed by atoms with E-state index in [-0.39, 0.29) is 42.0 Å². The van der Waals surface area contributed by atoms with Gasteiger partial charge in [0, 0.05) is 24.7 Å². The highest BCUT2D eigenvalue weighted by molar-refractivity contribution is 5.78. The zero-order valence-electron chi connectivity index (χ0n) is 17.1. The molecule has 6 heteroatoms. The van der Waals surface area contributed by atoms with E-state index in [1.807, 2.05) is 20.8 Å². The van der Waals surface area contributed by atoms with Crippen molar-refractivity contribution < 1.29 is 29.3 Å². The molecular formula is C21H36O6. The van der Waals surface area contributed by atoms with E-state index in [0.717, 1.165) is 25.7 Å². The Bertz CT molecular complexity index is 507. The zero-order valence-corrected chi connectivity index (χ0v) is 17.1. The van der Waals surface area contributed by atoms with Crippen molar-refractivity contribution in [3.05, 3.63) is 0 Å². The average molecular weight is 385 g/mol. The van der Waals surface area contributed by atoms with Crippen LogP contribution in [0, 0.1) is 17.8 Å². The smallest absolute Gasteiger partial charge is 0.308 e. The van der Waals surface area contributed by atoms with Crippen molar-refractivity contribution in [2.24, 2.45) is 17.8 Å². The molecule has 0 saturated carbocycles. The highest BCUT2D eigenvalue weighted by atomic mass is 16.5. The minimum Gasteiger partial charge on any atom is -0.481 e. The molecule has 2 heterocycles. The first-order valence-electron chi connectivity index (χ1n) is 10.5. The third-order valence-corrected chi connectivity index (χ3v) is 6.41. The Kier molecular flexibility index (Phi) is 8.25.